The van der Waals surface area contributed by atoms with Crippen molar-refractivity contribution < 1.29 is 14.7 Å². The smallest absolute Gasteiger partial charge is 0.155 e. The van der Waals surface area contributed by atoms with Crippen LogP contribution in [0.2, 0.25) is 0 Å². The number of rotatable bonds is 1. The molecule has 4 aliphatic rings. The van der Waals surface area contributed by atoms with Crippen molar-refractivity contribution >= 4 is 11.6 Å². The third-order valence-corrected chi connectivity index (χ3v) is 8.46. The van der Waals surface area contributed by atoms with Gasteiger partial charge in [-0.3, -0.25) is 9.59 Å². The summed E-state index contributed by atoms with van der Waals surface area (Å²) in [6.45, 7) is 6.25. The van der Waals surface area contributed by atoms with Crippen molar-refractivity contribution in [3.63, 3.8) is 0 Å². The molecule has 0 radical (unpaired) electrons. The van der Waals surface area contributed by atoms with Gasteiger partial charge in [0.2, 0.25) is 0 Å². The lowest BCUT2D eigenvalue weighted by Gasteiger charge is -2.60. The predicted molar refractivity (Wildman–Crippen MR) is 92.2 cm³/mol. The summed E-state index contributed by atoms with van der Waals surface area (Å²) in [5.41, 5.74) is -0.101. The number of Topliss-reactive ketones (excluding diaryl/α,β-unsaturated/α-hetero) is 1. The molecule has 0 spiro atoms. The van der Waals surface area contributed by atoms with Gasteiger partial charge < -0.3 is 5.11 Å². The van der Waals surface area contributed by atoms with Crippen molar-refractivity contribution in [1.82, 2.24) is 0 Å². The SMILES string of the molecule is CC(=O)C1CCC2C3CCC4CC(=O)C=CC4(C)C3C(O)CC12C. The van der Waals surface area contributed by atoms with E-state index in [9.17, 15) is 14.7 Å². The molecule has 3 nitrogen and oxygen atoms in total. The normalized spacial score (nSPS) is 53.2. The van der Waals surface area contributed by atoms with E-state index in [0.717, 1.165) is 32.1 Å². The second-order valence-corrected chi connectivity index (χ2v) is 9.46. The summed E-state index contributed by atoms with van der Waals surface area (Å²) in [6, 6.07) is 0. The van der Waals surface area contributed by atoms with Gasteiger partial charge in [-0.15, -0.1) is 0 Å². The maximum Gasteiger partial charge on any atom is 0.155 e. The number of fused-ring (bicyclic) bond motifs is 5. The first-order valence-corrected chi connectivity index (χ1v) is 9.68. The van der Waals surface area contributed by atoms with Crippen LogP contribution in [0.1, 0.15) is 59.3 Å². The Morgan fingerprint density at radius 2 is 1.96 bits per heavy atom. The van der Waals surface area contributed by atoms with Gasteiger partial charge in [-0.25, -0.2) is 0 Å². The number of carbonyl (C=O) groups is 2. The molecule has 0 heterocycles. The van der Waals surface area contributed by atoms with Crippen LogP contribution in [0, 0.1) is 40.4 Å². The van der Waals surface area contributed by atoms with Crippen molar-refractivity contribution in [2.24, 2.45) is 40.4 Å². The first-order chi connectivity index (χ1) is 11.3. The van der Waals surface area contributed by atoms with Crippen LogP contribution in [0.4, 0.5) is 0 Å². The zero-order valence-corrected chi connectivity index (χ0v) is 15.1. The third kappa shape index (κ3) is 2.06. The first-order valence-electron chi connectivity index (χ1n) is 9.68. The fraction of sp³-hybridized carbons (Fsp3) is 0.810. The second-order valence-electron chi connectivity index (χ2n) is 9.46. The minimum Gasteiger partial charge on any atom is -0.393 e. The molecule has 0 aliphatic heterocycles. The van der Waals surface area contributed by atoms with Crippen molar-refractivity contribution in [3.05, 3.63) is 12.2 Å². The van der Waals surface area contributed by atoms with Crippen LogP contribution >= 0.6 is 0 Å². The quantitative estimate of drug-likeness (QED) is 0.800. The molecule has 1 N–H and O–H groups in total. The zero-order chi connectivity index (χ0) is 17.3. The fourth-order valence-corrected chi connectivity index (χ4v) is 7.43. The van der Waals surface area contributed by atoms with E-state index in [-0.39, 0.29) is 34.6 Å². The number of aliphatic hydroxyl groups excluding tert-OH is 1. The Bertz CT molecular complexity index is 608. The number of hydrogen-bond donors (Lipinski definition) is 1. The van der Waals surface area contributed by atoms with Crippen molar-refractivity contribution in [1.29, 1.82) is 0 Å². The minimum absolute atomic E-state index is 0.0379. The first kappa shape index (κ1) is 16.5. The fourth-order valence-electron chi connectivity index (χ4n) is 7.43. The van der Waals surface area contributed by atoms with Crippen LogP contribution in [-0.4, -0.2) is 22.8 Å². The molecular weight excluding hydrogens is 300 g/mol. The average molecular weight is 330 g/mol. The lowest BCUT2D eigenvalue weighted by Crippen LogP contribution is -2.58. The van der Waals surface area contributed by atoms with Gasteiger partial charge >= 0.3 is 0 Å². The highest BCUT2D eigenvalue weighted by atomic mass is 16.3. The van der Waals surface area contributed by atoms with E-state index in [1.165, 1.54) is 0 Å². The van der Waals surface area contributed by atoms with Gasteiger partial charge in [0.1, 0.15) is 5.78 Å². The number of allylic oxidation sites excluding steroid dienone is 2. The Labute approximate surface area is 144 Å². The van der Waals surface area contributed by atoms with Crippen LogP contribution < -0.4 is 0 Å². The molecule has 0 aromatic rings. The van der Waals surface area contributed by atoms with Crippen LogP contribution in [0.5, 0.6) is 0 Å². The van der Waals surface area contributed by atoms with Gasteiger partial charge in [-0.05, 0) is 79.6 Å². The molecule has 24 heavy (non-hydrogen) atoms. The number of hydrogen-bond acceptors (Lipinski definition) is 3. The lowest BCUT2D eigenvalue weighted by atomic mass is 9.45. The van der Waals surface area contributed by atoms with E-state index in [2.05, 4.69) is 19.9 Å². The maximum absolute atomic E-state index is 12.2. The summed E-state index contributed by atoms with van der Waals surface area (Å²) in [5, 5.41) is 11.2. The molecule has 3 fully saturated rings. The van der Waals surface area contributed by atoms with Gasteiger partial charge in [-0.1, -0.05) is 19.9 Å². The molecule has 3 saturated carbocycles. The molecule has 0 bridgehead atoms. The Balaban J connectivity index is 1.72. The van der Waals surface area contributed by atoms with E-state index in [1.807, 2.05) is 0 Å². The molecule has 8 unspecified atom stereocenters. The monoisotopic (exact) mass is 330 g/mol. The summed E-state index contributed by atoms with van der Waals surface area (Å²) in [7, 11) is 0. The number of ketones is 2. The molecule has 0 aromatic carbocycles. The van der Waals surface area contributed by atoms with E-state index in [4.69, 9.17) is 0 Å². The summed E-state index contributed by atoms with van der Waals surface area (Å²) >= 11 is 0. The number of aliphatic hydroxyl groups is 1. The number of carbonyl (C=O) groups excluding carboxylic acids is 2. The average Bonchev–Trinajstić information content (AvgIpc) is 2.84. The largest absolute Gasteiger partial charge is 0.393 e. The van der Waals surface area contributed by atoms with E-state index in [1.54, 1.807) is 13.0 Å². The Hall–Kier alpha value is -0.960. The van der Waals surface area contributed by atoms with Crippen LogP contribution in [0.3, 0.4) is 0 Å². The lowest BCUT2D eigenvalue weighted by molar-refractivity contribution is -0.155. The Morgan fingerprint density at radius 1 is 1.21 bits per heavy atom. The van der Waals surface area contributed by atoms with Gasteiger partial charge in [0.25, 0.3) is 0 Å². The molecule has 3 heteroatoms. The zero-order valence-electron chi connectivity index (χ0n) is 15.1. The summed E-state index contributed by atoms with van der Waals surface area (Å²) in [4.78, 5) is 24.0. The Kier molecular flexibility index (Phi) is 3.62. The highest BCUT2D eigenvalue weighted by Gasteiger charge is 2.63. The van der Waals surface area contributed by atoms with Gasteiger partial charge in [0.15, 0.2) is 5.78 Å². The van der Waals surface area contributed by atoms with E-state index in [0.29, 0.717) is 30.0 Å². The van der Waals surface area contributed by atoms with Gasteiger partial charge in [0.05, 0.1) is 6.10 Å². The minimum atomic E-state index is -0.359. The predicted octanol–water partition coefficient (Wildman–Crippen LogP) is 3.55. The molecule has 8 atom stereocenters. The molecule has 4 aliphatic carbocycles. The van der Waals surface area contributed by atoms with Crippen LogP contribution in [-0.2, 0) is 9.59 Å². The van der Waals surface area contributed by atoms with Crippen LogP contribution in [0.25, 0.3) is 0 Å². The van der Waals surface area contributed by atoms with Gasteiger partial charge in [0, 0.05) is 12.3 Å². The third-order valence-electron chi connectivity index (χ3n) is 8.46. The summed E-state index contributed by atoms with van der Waals surface area (Å²) in [6.07, 6.45) is 9.19. The molecule has 0 amide bonds. The van der Waals surface area contributed by atoms with Crippen molar-refractivity contribution in [2.75, 3.05) is 0 Å². The molecule has 132 valence electrons. The van der Waals surface area contributed by atoms with Crippen molar-refractivity contribution in [3.8, 4) is 0 Å². The molecule has 4 rings (SSSR count). The highest BCUT2D eigenvalue weighted by Crippen LogP contribution is 2.66. The maximum atomic E-state index is 12.2. The molecule has 0 aromatic heterocycles. The highest BCUT2D eigenvalue weighted by molar-refractivity contribution is 5.91. The summed E-state index contributed by atoms with van der Waals surface area (Å²) in [5.74, 6) is 2.31. The van der Waals surface area contributed by atoms with Gasteiger partial charge in [-0.2, -0.15) is 0 Å². The Morgan fingerprint density at radius 3 is 2.67 bits per heavy atom. The summed E-state index contributed by atoms with van der Waals surface area (Å²) < 4.78 is 0. The van der Waals surface area contributed by atoms with Crippen molar-refractivity contribution in [2.45, 2.75) is 65.4 Å². The standard InChI is InChI=1S/C21H30O3/c1-12(22)16-6-7-17-15-5-4-13-10-14(23)8-9-20(13,2)19(15)18(24)11-21(16,17)3/h8-9,13,15-19,24H,4-7,10-11H2,1-3H3. The second kappa shape index (κ2) is 5.27. The molecule has 0 saturated heterocycles. The van der Waals surface area contributed by atoms with E-state index >= 15 is 0 Å². The topological polar surface area (TPSA) is 54.4 Å². The van der Waals surface area contributed by atoms with E-state index < -0.39 is 0 Å². The molecular formula is C21H30O3. The van der Waals surface area contributed by atoms with Crippen LogP contribution in [0.15, 0.2) is 12.2 Å².